The number of fused-ring (bicyclic) bond motifs is 3. The molecule has 2 saturated heterocycles. The van der Waals surface area contributed by atoms with Crippen LogP contribution in [0.2, 0.25) is 0 Å². The van der Waals surface area contributed by atoms with Gasteiger partial charge in [-0.3, -0.25) is 4.90 Å². The minimum Gasteiger partial charge on any atom is -0.497 e. The van der Waals surface area contributed by atoms with Gasteiger partial charge in [0.05, 0.1) is 18.7 Å². The standard InChI is InChI=1S/C25H27BrF2N4O2/c1-24-9-10-25(2,32(24)12-15-5-7-16(33-3)8-6-15)14-31(13-24)22-17-11-18(27)19(26)20(28)21(17)29-23(30-22)34-4/h5-8,11H,9-10,12-14H2,1-4H3. The van der Waals surface area contributed by atoms with Gasteiger partial charge < -0.3 is 14.4 Å². The highest BCUT2D eigenvalue weighted by Gasteiger charge is 2.55. The molecule has 34 heavy (non-hydrogen) atoms. The Morgan fingerprint density at radius 2 is 1.65 bits per heavy atom. The molecule has 5 rings (SSSR count). The van der Waals surface area contributed by atoms with Gasteiger partial charge in [-0.2, -0.15) is 9.97 Å². The van der Waals surface area contributed by atoms with E-state index < -0.39 is 11.6 Å². The normalized spacial score (nSPS) is 24.6. The van der Waals surface area contributed by atoms with E-state index in [2.05, 4.69) is 61.7 Å². The lowest BCUT2D eigenvalue weighted by atomic mass is 9.93. The molecule has 0 amide bonds. The average molecular weight is 533 g/mol. The maximum absolute atomic E-state index is 14.9. The largest absolute Gasteiger partial charge is 0.497 e. The van der Waals surface area contributed by atoms with E-state index in [-0.39, 0.29) is 27.1 Å². The molecule has 2 atom stereocenters. The molecule has 1 aromatic heterocycles. The minimum atomic E-state index is -0.754. The van der Waals surface area contributed by atoms with Crippen molar-refractivity contribution in [2.75, 3.05) is 32.2 Å². The van der Waals surface area contributed by atoms with Crippen LogP contribution in [-0.2, 0) is 6.54 Å². The van der Waals surface area contributed by atoms with E-state index in [1.807, 2.05) is 12.1 Å². The molecule has 0 spiro atoms. The topological polar surface area (TPSA) is 50.7 Å². The predicted octanol–water partition coefficient (Wildman–Crippen LogP) is 5.32. The van der Waals surface area contributed by atoms with E-state index in [1.54, 1.807) is 7.11 Å². The molecule has 2 aromatic carbocycles. The summed E-state index contributed by atoms with van der Waals surface area (Å²) in [5.41, 5.74) is 0.989. The quantitative estimate of drug-likeness (QED) is 0.414. The lowest BCUT2D eigenvalue weighted by Crippen LogP contribution is -2.65. The van der Waals surface area contributed by atoms with Crippen LogP contribution in [0.1, 0.15) is 32.3 Å². The van der Waals surface area contributed by atoms with Crippen molar-refractivity contribution in [3.8, 4) is 11.8 Å². The van der Waals surface area contributed by atoms with Crippen LogP contribution in [0.4, 0.5) is 14.6 Å². The summed E-state index contributed by atoms with van der Waals surface area (Å²) < 4.78 is 39.8. The van der Waals surface area contributed by atoms with Crippen LogP contribution in [0, 0.1) is 11.6 Å². The summed E-state index contributed by atoms with van der Waals surface area (Å²) in [6.45, 7) is 6.67. The third-order valence-corrected chi connectivity index (χ3v) is 8.06. The molecule has 0 N–H and O–H groups in total. The average Bonchev–Trinajstić information content (AvgIpc) is 2.97. The van der Waals surface area contributed by atoms with Gasteiger partial charge in [0, 0.05) is 36.1 Å². The fourth-order valence-corrected chi connectivity index (χ4v) is 5.88. The van der Waals surface area contributed by atoms with Crippen molar-refractivity contribution in [3.05, 3.63) is 52.0 Å². The summed E-state index contributed by atoms with van der Waals surface area (Å²) in [5.74, 6) is -0.103. The molecule has 6 nitrogen and oxygen atoms in total. The van der Waals surface area contributed by atoms with Crippen LogP contribution in [0.3, 0.4) is 0 Å². The predicted molar refractivity (Wildman–Crippen MR) is 131 cm³/mol. The zero-order chi connectivity index (χ0) is 24.3. The molecule has 9 heteroatoms. The van der Waals surface area contributed by atoms with E-state index in [4.69, 9.17) is 9.47 Å². The van der Waals surface area contributed by atoms with Crippen LogP contribution in [0.15, 0.2) is 34.8 Å². The molecule has 2 unspecified atom stereocenters. The molecular formula is C25H27BrF2N4O2. The maximum Gasteiger partial charge on any atom is 0.318 e. The van der Waals surface area contributed by atoms with Crippen molar-refractivity contribution in [3.63, 3.8) is 0 Å². The fourth-order valence-electron chi connectivity index (χ4n) is 5.58. The molecule has 0 aliphatic carbocycles. The van der Waals surface area contributed by atoms with Gasteiger partial charge in [0.15, 0.2) is 5.82 Å². The number of anilines is 1. The van der Waals surface area contributed by atoms with Crippen LogP contribution < -0.4 is 14.4 Å². The second kappa shape index (κ2) is 8.30. The zero-order valence-electron chi connectivity index (χ0n) is 19.7. The Labute approximate surface area is 206 Å². The number of aromatic nitrogens is 2. The van der Waals surface area contributed by atoms with Crippen LogP contribution >= 0.6 is 15.9 Å². The third-order valence-electron chi connectivity index (χ3n) is 7.34. The Balaban J connectivity index is 1.53. The molecule has 0 radical (unpaired) electrons. The van der Waals surface area contributed by atoms with E-state index in [0.29, 0.717) is 24.3 Å². The smallest absolute Gasteiger partial charge is 0.318 e. The maximum atomic E-state index is 14.9. The summed E-state index contributed by atoms with van der Waals surface area (Å²) in [7, 11) is 3.11. The number of rotatable bonds is 5. The van der Waals surface area contributed by atoms with Crippen molar-refractivity contribution < 1.29 is 18.3 Å². The van der Waals surface area contributed by atoms with Crippen LogP contribution in [0.5, 0.6) is 11.8 Å². The van der Waals surface area contributed by atoms with Crippen LogP contribution in [0.25, 0.3) is 10.9 Å². The second-order valence-corrected chi connectivity index (χ2v) is 10.5. The van der Waals surface area contributed by atoms with Crippen molar-refractivity contribution in [1.82, 2.24) is 14.9 Å². The van der Waals surface area contributed by atoms with Crippen molar-refractivity contribution in [2.45, 2.75) is 44.3 Å². The minimum absolute atomic E-state index is 0.0402. The van der Waals surface area contributed by atoms with Crippen molar-refractivity contribution >= 4 is 32.7 Å². The lowest BCUT2D eigenvalue weighted by Gasteiger charge is -2.53. The SMILES string of the molecule is COc1ccc(CN2C3(C)CCC2(C)CN(c2nc(OC)nc4c(F)c(Br)c(F)cc24)C3)cc1. The number of hydrogen-bond donors (Lipinski definition) is 0. The molecule has 2 aliphatic rings. The van der Waals surface area contributed by atoms with E-state index in [0.717, 1.165) is 25.1 Å². The van der Waals surface area contributed by atoms with E-state index in [1.165, 1.54) is 18.7 Å². The van der Waals surface area contributed by atoms with Crippen LogP contribution in [-0.4, -0.2) is 53.3 Å². The van der Waals surface area contributed by atoms with Gasteiger partial charge >= 0.3 is 6.01 Å². The van der Waals surface area contributed by atoms with Crippen molar-refractivity contribution in [2.24, 2.45) is 0 Å². The first-order chi connectivity index (χ1) is 16.2. The number of nitrogens with zero attached hydrogens (tertiary/aromatic N) is 4. The van der Waals surface area contributed by atoms with Gasteiger partial charge in [0.25, 0.3) is 0 Å². The summed E-state index contributed by atoms with van der Waals surface area (Å²) >= 11 is 2.98. The number of hydrogen-bond acceptors (Lipinski definition) is 6. The number of methoxy groups -OCH3 is 2. The molecular weight excluding hydrogens is 506 g/mol. The summed E-state index contributed by atoms with van der Waals surface area (Å²) in [6.07, 6.45) is 2.04. The number of benzene rings is 2. The first-order valence-electron chi connectivity index (χ1n) is 11.2. The molecule has 3 heterocycles. The summed E-state index contributed by atoms with van der Waals surface area (Å²) in [4.78, 5) is 13.4. The Bertz CT molecular complexity index is 1240. The highest BCUT2D eigenvalue weighted by Crippen LogP contribution is 2.48. The molecule has 3 aromatic rings. The highest BCUT2D eigenvalue weighted by molar-refractivity contribution is 9.10. The Hall–Kier alpha value is -2.52. The van der Waals surface area contributed by atoms with E-state index in [9.17, 15) is 8.78 Å². The Morgan fingerprint density at radius 1 is 1.00 bits per heavy atom. The third kappa shape index (κ3) is 3.69. The van der Waals surface area contributed by atoms with Gasteiger partial charge in [-0.25, -0.2) is 8.78 Å². The number of halogens is 3. The van der Waals surface area contributed by atoms with Gasteiger partial charge in [0.1, 0.15) is 22.9 Å². The molecule has 0 saturated carbocycles. The van der Waals surface area contributed by atoms with Gasteiger partial charge in [-0.15, -0.1) is 0 Å². The molecule has 180 valence electrons. The first-order valence-corrected chi connectivity index (χ1v) is 12.0. The molecule has 2 aliphatic heterocycles. The van der Waals surface area contributed by atoms with Gasteiger partial charge in [0.2, 0.25) is 0 Å². The monoisotopic (exact) mass is 532 g/mol. The van der Waals surface area contributed by atoms with E-state index >= 15 is 0 Å². The number of ether oxygens (including phenoxy) is 2. The van der Waals surface area contributed by atoms with Gasteiger partial charge in [-0.05, 0) is 66.4 Å². The number of piperazine rings is 1. The molecule has 2 fully saturated rings. The van der Waals surface area contributed by atoms with Gasteiger partial charge in [-0.1, -0.05) is 12.1 Å². The fraction of sp³-hybridized carbons (Fsp3) is 0.440. The Kier molecular flexibility index (Phi) is 5.67. The second-order valence-electron chi connectivity index (χ2n) is 9.70. The highest BCUT2D eigenvalue weighted by atomic mass is 79.9. The molecule has 2 bridgehead atoms. The Morgan fingerprint density at radius 3 is 2.24 bits per heavy atom. The van der Waals surface area contributed by atoms with Crippen molar-refractivity contribution in [1.29, 1.82) is 0 Å². The summed E-state index contributed by atoms with van der Waals surface area (Å²) in [5, 5.41) is 0.342. The summed E-state index contributed by atoms with van der Waals surface area (Å²) in [6, 6.07) is 9.53. The zero-order valence-corrected chi connectivity index (χ0v) is 21.2. The first kappa shape index (κ1) is 23.2. The lowest BCUT2D eigenvalue weighted by molar-refractivity contribution is 0.0301.